The molecule has 5 N–H and O–H groups in total. The number of nitrogens with two attached hydrogens (primary N) is 1. The molecule has 7 heteroatoms. The first-order valence-corrected chi connectivity index (χ1v) is 8.98. The topological polar surface area (TPSA) is 110 Å². The molecule has 1 heterocycles. The van der Waals surface area contributed by atoms with E-state index in [-0.39, 0.29) is 12.0 Å². The number of nitrogens with one attached hydrogen (secondary N) is 1. The fourth-order valence-corrected chi connectivity index (χ4v) is 3.34. The van der Waals surface area contributed by atoms with Crippen molar-refractivity contribution in [2.45, 2.75) is 58.2 Å². The molecule has 0 radical (unpaired) electrons. The summed E-state index contributed by atoms with van der Waals surface area (Å²) in [7, 11) is 0. The quantitative estimate of drug-likeness (QED) is 0.324. The lowest BCUT2D eigenvalue weighted by molar-refractivity contribution is -1.14. The molecule has 0 saturated heterocycles. The van der Waals surface area contributed by atoms with Gasteiger partial charge in [-0.25, -0.2) is 5.21 Å². The Balaban J connectivity index is 1.99. The molecule has 2 atom stereocenters. The van der Waals surface area contributed by atoms with Crippen LogP contribution in [-0.4, -0.2) is 45.7 Å². The number of carboxylic acids is 1. The highest BCUT2D eigenvalue weighted by Gasteiger charge is 2.50. The highest BCUT2D eigenvalue weighted by molar-refractivity contribution is 5.98. The Labute approximate surface area is 160 Å². The van der Waals surface area contributed by atoms with Crippen LogP contribution in [0.1, 0.15) is 45.7 Å². The number of hydroxylamine groups is 2. The normalized spacial score (nSPS) is 22.3. The molecule has 1 aromatic rings. The van der Waals surface area contributed by atoms with Crippen LogP contribution in [0, 0.1) is 0 Å². The standard InChI is InChI=1S/C20H29N3O4/c1-13(15-8-6-14(7-9-15)10-17(21)18(24)25)22-27-12-16-11-19(2,3)23(26)20(16,4)5/h6-9,11,17,26H,10,12,21H2,1-5H3,(H,24,25)/p+1/b22-13+/t17-/m0/s1. The van der Waals surface area contributed by atoms with E-state index in [0.717, 1.165) is 16.7 Å². The van der Waals surface area contributed by atoms with E-state index in [9.17, 15) is 10.0 Å². The maximum Gasteiger partial charge on any atom is 0.320 e. The van der Waals surface area contributed by atoms with Gasteiger partial charge in [0.15, 0.2) is 0 Å². The summed E-state index contributed by atoms with van der Waals surface area (Å²) in [6, 6.07) is 6.51. The number of benzene rings is 1. The van der Waals surface area contributed by atoms with E-state index >= 15 is 0 Å². The van der Waals surface area contributed by atoms with Crippen LogP contribution >= 0.6 is 0 Å². The SMILES string of the molecule is C/C(=N\OCC1=CC(C)(C)[NH+](O)C1(C)C)c1ccc(C[C@H](N)C(=O)O)cc1. The van der Waals surface area contributed by atoms with Crippen molar-refractivity contribution in [1.29, 1.82) is 0 Å². The van der Waals surface area contributed by atoms with Crippen LogP contribution in [-0.2, 0) is 16.1 Å². The van der Waals surface area contributed by atoms with Crippen molar-refractivity contribution in [3.63, 3.8) is 0 Å². The zero-order chi connectivity index (χ0) is 20.4. The molecule has 27 heavy (non-hydrogen) atoms. The maximum atomic E-state index is 10.8. The van der Waals surface area contributed by atoms with E-state index in [2.05, 4.69) is 5.16 Å². The number of aliphatic carboxylic acids is 1. The molecule has 0 aromatic heterocycles. The summed E-state index contributed by atoms with van der Waals surface area (Å²) in [5.74, 6) is -1.01. The van der Waals surface area contributed by atoms with Crippen LogP contribution in [0.15, 0.2) is 41.1 Å². The van der Waals surface area contributed by atoms with Gasteiger partial charge in [0.1, 0.15) is 23.7 Å². The second kappa shape index (κ2) is 7.80. The average molecular weight is 376 g/mol. The first-order valence-electron chi connectivity index (χ1n) is 8.98. The van der Waals surface area contributed by atoms with Crippen molar-refractivity contribution < 1.29 is 25.0 Å². The fraction of sp³-hybridized carbons (Fsp3) is 0.500. The van der Waals surface area contributed by atoms with Gasteiger partial charge < -0.3 is 15.7 Å². The van der Waals surface area contributed by atoms with Crippen LogP contribution < -0.4 is 10.8 Å². The third-order valence-electron chi connectivity index (χ3n) is 5.11. The number of nitrogens with zero attached hydrogens (tertiary/aromatic N) is 1. The molecule has 0 bridgehead atoms. The monoisotopic (exact) mass is 376 g/mol. The largest absolute Gasteiger partial charge is 0.480 e. The summed E-state index contributed by atoms with van der Waals surface area (Å²) in [6.45, 7) is 10.1. The van der Waals surface area contributed by atoms with E-state index < -0.39 is 17.6 Å². The van der Waals surface area contributed by atoms with Gasteiger partial charge in [-0.3, -0.25) is 4.79 Å². The summed E-state index contributed by atoms with van der Waals surface area (Å²) >= 11 is 0. The predicted molar refractivity (Wildman–Crippen MR) is 103 cm³/mol. The number of hydrogen-bond donors (Lipinski definition) is 4. The number of rotatable bonds is 7. The van der Waals surface area contributed by atoms with Gasteiger partial charge in [-0.2, -0.15) is 5.06 Å². The summed E-state index contributed by atoms with van der Waals surface area (Å²) in [5, 5.41) is 23.9. The highest BCUT2D eigenvalue weighted by Crippen LogP contribution is 2.24. The molecule has 0 fully saturated rings. The molecule has 1 aliphatic rings. The molecule has 2 rings (SSSR count). The van der Waals surface area contributed by atoms with Gasteiger partial charge in [0.25, 0.3) is 0 Å². The van der Waals surface area contributed by atoms with Crippen LogP contribution in [0.25, 0.3) is 0 Å². The molecule has 1 aliphatic heterocycles. The van der Waals surface area contributed by atoms with Crippen molar-refractivity contribution in [2.75, 3.05) is 6.61 Å². The third kappa shape index (κ3) is 4.74. The van der Waals surface area contributed by atoms with Gasteiger partial charge in [-0.1, -0.05) is 29.4 Å². The number of hydrogen-bond acceptors (Lipinski definition) is 5. The van der Waals surface area contributed by atoms with Crippen LogP contribution in [0.3, 0.4) is 0 Å². The molecule has 0 spiro atoms. The first kappa shape index (κ1) is 21.1. The molecule has 0 aliphatic carbocycles. The average Bonchev–Trinajstić information content (AvgIpc) is 2.74. The van der Waals surface area contributed by atoms with E-state index in [0.29, 0.717) is 17.4 Å². The van der Waals surface area contributed by atoms with E-state index in [1.165, 1.54) is 0 Å². The molecule has 0 amide bonds. The Hall–Kier alpha value is -2.22. The zero-order valence-corrected chi connectivity index (χ0v) is 16.6. The first-order chi connectivity index (χ1) is 12.4. The highest BCUT2D eigenvalue weighted by atomic mass is 16.6. The number of carbonyl (C=O) groups is 1. The summed E-state index contributed by atoms with van der Waals surface area (Å²) in [4.78, 5) is 16.4. The van der Waals surface area contributed by atoms with Crippen molar-refractivity contribution in [3.05, 3.63) is 47.0 Å². The minimum atomic E-state index is -1.01. The lowest BCUT2D eigenvalue weighted by Crippen LogP contribution is -3.22. The van der Waals surface area contributed by atoms with E-state index in [1.54, 1.807) is 0 Å². The van der Waals surface area contributed by atoms with Crippen LogP contribution in [0.2, 0.25) is 0 Å². The molecule has 0 saturated carbocycles. The second-order valence-electron chi connectivity index (χ2n) is 8.16. The third-order valence-corrected chi connectivity index (χ3v) is 5.11. The Morgan fingerprint density at radius 1 is 1.26 bits per heavy atom. The van der Waals surface area contributed by atoms with Gasteiger partial charge in [-0.15, -0.1) is 0 Å². The van der Waals surface area contributed by atoms with E-state index in [1.807, 2.05) is 65.0 Å². The van der Waals surface area contributed by atoms with Gasteiger partial charge in [-0.05, 0) is 58.2 Å². The minimum Gasteiger partial charge on any atom is -0.480 e. The van der Waals surface area contributed by atoms with Crippen LogP contribution in [0.4, 0.5) is 0 Å². The Morgan fingerprint density at radius 3 is 2.33 bits per heavy atom. The summed E-state index contributed by atoms with van der Waals surface area (Å²) in [5.41, 5.74) is 8.21. The molecule has 1 unspecified atom stereocenters. The van der Waals surface area contributed by atoms with Gasteiger partial charge in [0.05, 0.1) is 5.71 Å². The Bertz CT molecular complexity index is 751. The minimum absolute atomic E-state index is 0.279. The molecule has 1 aromatic carbocycles. The predicted octanol–water partition coefficient (Wildman–Crippen LogP) is 1.15. The number of carboxylic acid groups (broad SMARTS) is 1. The fourth-order valence-electron chi connectivity index (χ4n) is 3.34. The Morgan fingerprint density at radius 2 is 1.85 bits per heavy atom. The molecular formula is C20H30N3O4+. The van der Waals surface area contributed by atoms with Crippen molar-refractivity contribution in [2.24, 2.45) is 10.9 Å². The Kier molecular flexibility index (Phi) is 6.09. The zero-order valence-electron chi connectivity index (χ0n) is 16.6. The lowest BCUT2D eigenvalue weighted by atomic mass is 9.97. The smallest absolute Gasteiger partial charge is 0.320 e. The van der Waals surface area contributed by atoms with Gasteiger partial charge in [0, 0.05) is 5.57 Å². The van der Waals surface area contributed by atoms with E-state index in [4.69, 9.17) is 15.7 Å². The summed E-state index contributed by atoms with van der Waals surface area (Å²) in [6.07, 6.45) is 2.31. The number of quaternary nitrogens is 1. The molecular weight excluding hydrogens is 346 g/mol. The van der Waals surface area contributed by atoms with Crippen molar-refractivity contribution in [1.82, 2.24) is 0 Å². The second-order valence-corrected chi connectivity index (χ2v) is 8.16. The molecule has 148 valence electrons. The maximum absolute atomic E-state index is 10.8. The van der Waals surface area contributed by atoms with Crippen molar-refractivity contribution >= 4 is 11.7 Å². The van der Waals surface area contributed by atoms with Gasteiger partial charge >= 0.3 is 5.97 Å². The van der Waals surface area contributed by atoms with Crippen molar-refractivity contribution in [3.8, 4) is 0 Å². The van der Waals surface area contributed by atoms with Gasteiger partial charge in [0.2, 0.25) is 0 Å². The summed E-state index contributed by atoms with van der Waals surface area (Å²) < 4.78 is 0. The number of oxime groups is 1. The molecule has 7 nitrogen and oxygen atoms in total. The lowest BCUT2D eigenvalue weighted by Gasteiger charge is -2.31. The van der Waals surface area contributed by atoms with Crippen LogP contribution in [0.5, 0.6) is 0 Å².